The summed E-state index contributed by atoms with van der Waals surface area (Å²) in [5.41, 5.74) is 2.02. The van der Waals surface area contributed by atoms with Crippen molar-refractivity contribution in [2.75, 3.05) is 11.9 Å². The van der Waals surface area contributed by atoms with Crippen LogP contribution < -0.4 is 10.6 Å². The van der Waals surface area contributed by atoms with Gasteiger partial charge in [0.25, 0.3) is 0 Å². The van der Waals surface area contributed by atoms with E-state index in [0.717, 1.165) is 5.69 Å². The third-order valence-electron chi connectivity index (χ3n) is 5.91. The second kappa shape index (κ2) is 10.0. The van der Waals surface area contributed by atoms with E-state index in [0.29, 0.717) is 27.9 Å². The number of thiocarbonyl (C=S) groups is 1. The first-order chi connectivity index (χ1) is 17.5. The molecule has 3 N–H and O–H groups in total. The molecule has 3 heterocycles. The summed E-state index contributed by atoms with van der Waals surface area (Å²) in [4.78, 5) is 30.9. The van der Waals surface area contributed by atoms with Crippen molar-refractivity contribution in [1.29, 1.82) is 0 Å². The quantitative estimate of drug-likeness (QED) is 0.316. The van der Waals surface area contributed by atoms with Gasteiger partial charge < -0.3 is 25.1 Å². The molecule has 0 bridgehead atoms. The molecule has 1 saturated heterocycles. The highest BCUT2D eigenvalue weighted by molar-refractivity contribution is 7.80. The van der Waals surface area contributed by atoms with Crippen molar-refractivity contribution < 1.29 is 19.1 Å². The van der Waals surface area contributed by atoms with Gasteiger partial charge in [0.05, 0.1) is 17.3 Å². The molecular formula is C27H22N4O4S. The number of hydrogen-bond donors (Lipinski definition) is 3. The zero-order chi connectivity index (χ0) is 25.1. The van der Waals surface area contributed by atoms with Crippen LogP contribution in [0.4, 0.5) is 5.69 Å². The Bertz CT molecular complexity index is 1410. The molecule has 8 nitrogen and oxygen atoms in total. The van der Waals surface area contributed by atoms with Crippen molar-refractivity contribution in [1.82, 2.24) is 15.2 Å². The van der Waals surface area contributed by atoms with E-state index in [1.54, 1.807) is 41.4 Å². The number of carboxylic acids is 1. The number of carbonyl (C=O) groups excluding carboxylic acids is 1. The molecule has 0 radical (unpaired) electrons. The van der Waals surface area contributed by atoms with Crippen molar-refractivity contribution in [3.8, 4) is 11.3 Å². The van der Waals surface area contributed by atoms with Crippen LogP contribution in [0.3, 0.4) is 0 Å². The second-order valence-corrected chi connectivity index (χ2v) is 8.61. The molecule has 0 saturated carbocycles. The fourth-order valence-electron chi connectivity index (χ4n) is 4.30. The van der Waals surface area contributed by atoms with Crippen molar-refractivity contribution in [3.63, 3.8) is 0 Å². The molecule has 180 valence electrons. The van der Waals surface area contributed by atoms with Crippen molar-refractivity contribution in [2.45, 2.75) is 12.1 Å². The number of hydrogen-bond acceptors (Lipinski definition) is 5. The predicted octanol–water partition coefficient (Wildman–Crippen LogP) is 4.65. The van der Waals surface area contributed by atoms with E-state index in [2.05, 4.69) is 15.6 Å². The lowest BCUT2D eigenvalue weighted by atomic mass is 10.0. The maximum atomic E-state index is 12.9. The van der Waals surface area contributed by atoms with Gasteiger partial charge in [-0.3, -0.25) is 9.78 Å². The first-order valence-corrected chi connectivity index (χ1v) is 11.7. The Hall–Kier alpha value is -4.50. The maximum Gasteiger partial charge on any atom is 0.336 e. The van der Waals surface area contributed by atoms with Crippen LogP contribution >= 0.6 is 12.2 Å². The molecule has 1 amide bonds. The van der Waals surface area contributed by atoms with E-state index in [9.17, 15) is 14.7 Å². The van der Waals surface area contributed by atoms with Crippen molar-refractivity contribution >= 4 is 34.9 Å². The summed E-state index contributed by atoms with van der Waals surface area (Å²) in [6, 6.07) is 24.1. The Labute approximate surface area is 212 Å². The van der Waals surface area contributed by atoms with E-state index in [1.165, 1.54) is 6.07 Å². The highest BCUT2D eigenvalue weighted by atomic mass is 32.1. The smallest absolute Gasteiger partial charge is 0.336 e. The zero-order valence-electron chi connectivity index (χ0n) is 19.0. The Morgan fingerprint density at radius 1 is 1.00 bits per heavy atom. The first kappa shape index (κ1) is 23.3. The van der Waals surface area contributed by atoms with Crippen molar-refractivity contribution in [2.24, 2.45) is 0 Å². The molecule has 1 aliphatic heterocycles. The molecule has 1 aliphatic rings. The number of furan rings is 1. The van der Waals surface area contributed by atoms with E-state index < -0.39 is 12.0 Å². The lowest BCUT2D eigenvalue weighted by Crippen LogP contribution is -2.36. The number of aromatic carboxylic acids is 1. The number of nitrogens with zero attached hydrogens (tertiary/aromatic N) is 2. The molecule has 4 aromatic rings. The molecule has 2 unspecified atom stereocenters. The van der Waals surface area contributed by atoms with E-state index in [-0.39, 0.29) is 24.1 Å². The Balaban J connectivity index is 1.49. The molecule has 1 fully saturated rings. The highest BCUT2D eigenvalue weighted by Crippen LogP contribution is 2.40. The van der Waals surface area contributed by atoms with Gasteiger partial charge in [0, 0.05) is 17.4 Å². The summed E-state index contributed by atoms with van der Waals surface area (Å²) in [5, 5.41) is 16.2. The third-order valence-corrected chi connectivity index (χ3v) is 6.26. The van der Waals surface area contributed by atoms with Gasteiger partial charge in [-0.05, 0) is 54.7 Å². The fraction of sp³-hybridized carbons (Fsp3) is 0.111. The van der Waals surface area contributed by atoms with Crippen LogP contribution in [0.15, 0.2) is 95.5 Å². The highest BCUT2D eigenvalue weighted by Gasteiger charge is 2.42. The van der Waals surface area contributed by atoms with Crippen LogP contribution in [-0.2, 0) is 4.79 Å². The number of rotatable bonds is 7. The molecule has 9 heteroatoms. The lowest BCUT2D eigenvalue weighted by molar-refractivity contribution is -0.116. The van der Waals surface area contributed by atoms with Gasteiger partial charge in [-0.25, -0.2) is 4.79 Å². The number of nitrogens with one attached hydrogen (secondary N) is 2. The molecule has 2 aromatic carbocycles. The number of carboxylic acid groups (broad SMARTS) is 1. The standard InChI is InChI=1S/C27H22N4O4S/c32-23(29-17-8-2-1-3-9-17)16-31-25(24(30-27(31)36)20-12-6-7-15-28-20)22-14-13-21(35-22)18-10-4-5-11-19(18)26(33)34/h1-15,24-25H,16H2,(H,29,32)(H,30,36)(H,33,34). The number of para-hydroxylation sites is 1. The molecule has 2 atom stereocenters. The number of aromatic nitrogens is 1. The lowest BCUT2D eigenvalue weighted by Gasteiger charge is -2.25. The van der Waals surface area contributed by atoms with Crippen LogP contribution in [0.1, 0.15) is 33.9 Å². The Morgan fingerprint density at radius 2 is 1.75 bits per heavy atom. The van der Waals surface area contributed by atoms with Crippen LogP contribution in [0.25, 0.3) is 11.3 Å². The van der Waals surface area contributed by atoms with Gasteiger partial charge >= 0.3 is 5.97 Å². The van der Waals surface area contributed by atoms with E-state index in [4.69, 9.17) is 16.6 Å². The molecule has 0 aliphatic carbocycles. The second-order valence-electron chi connectivity index (χ2n) is 8.22. The minimum atomic E-state index is -1.04. The molecular weight excluding hydrogens is 476 g/mol. The van der Waals surface area contributed by atoms with E-state index in [1.807, 2.05) is 48.5 Å². The number of amides is 1. The molecule has 5 rings (SSSR count). The number of anilines is 1. The summed E-state index contributed by atoms with van der Waals surface area (Å²) >= 11 is 5.62. The zero-order valence-corrected chi connectivity index (χ0v) is 19.8. The topological polar surface area (TPSA) is 108 Å². The van der Waals surface area contributed by atoms with Gasteiger partial charge in [-0.1, -0.05) is 42.5 Å². The van der Waals surface area contributed by atoms with Gasteiger partial charge in [0.2, 0.25) is 5.91 Å². The molecule has 0 spiro atoms. The van der Waals surface area contributed by atoms with Gasteiger partial charge in [0.15, 0.2) is 5.11 Å². The van der Waals surface area contributed by atoms with Crippen LogP contribution in [-0.4, -0.2) is 38.5 Å². The normalized spacial score (nSPS) is 17.0. The first-order valence-electron chi connectivity index (χ1n) is 11.3. The summed E-state index contributed by atoms with van der Waals surface area (Å²) in [6.45, 7) is -0.0174. The average molecular weight is 499 g/mol. The predicted molar refractivity (Wildman–Crippen MR) is 138 cm³/mol. The fourth-order valence-corrected chi connectivity index (χ4v) is 4.61. The monoisotopic (exact) mass is 498 g/mol. The Morgan fingerprint density at radius 3 is 2.50 bits per heavy atom. The number of pyridine rings is 1. The maximum absolute atomic E-state index is 12.9. The summed E-state index contributed by atoms with van der Waals surface area (Å²) in [7, 11) is 0. The van der Waals surface area contributed by atoms with Crippen LogP contribution in [0.5, 0.6) is 0 Å². The number of benzene rings is 2. The van der Waals surface area contributed by atoms with Crippen molar-refractivity contribution in [3.05, 3.63) is 108 Å². The minimum absolute atomic E-state index is 0.0174. The van der Waals surface area contributed by atoms with Crippen LogP contribution in [0.2, 0.25) is 0 Å². The SMILES string of the molecule is O=C(CN1C(=S)NC(c2ccccn2)C1c1ccc(-c2ccccc2C(=O)O)o1)Nc1ccccc1. The Kier molecular flexibility index (Phi) is 6.46. The van der Waals surface area contributed by atoms with Crippen LogP contribution in [0, 0.1) is 0 Å². The summed E-state index contributed by atoms with van der Waals surface area (Å²) in [5.74, 6) is -0.340. The molecule has 2 aromatic heterocycles. The van der Waals surface area contributed by atoms with Gasteiger partial charge in [-0.2, -0.15) is 0 Å². The molecule has 36 heavy (non-hydrogen) atoms. The largest absolute Gasteiger partial charge is 0.478 e. The minimum Gasteiger partial charge on any atom is -0.478 e. The third kappa shape index (κ3) is 4.69. The number of carbonyl (C=O) groups is 2. The summed E-state index contributed by atoms with van der Waals surface area (Å²) in [6.07, 6.45) is 1.69. The van der Waals surface area contributed by atoms with Gasteiger partial charge in [-0.15, -0.1) is 0 Å². The van der Waals surface area contributed by atoms with Gasteiger partial charge in [0.1, 0.15) is 24.1 Å². The average Bonchev–Trinajstić information content (AvgIpc) is 3.50. The van der Waals surface area contributed by atoms with E-state index >= 15 is 0 Å². The summed E-state index contributed by atoms with van der Waals surface area (Å²) < 4.78 is 6.21.